The summed E-state index contributed by atoms with van der Waals surface area (Å²) >= 11 is 18.3. The maximum Gasteiger partial charge on any atom is 0.274 e. The number of carbonyl (C=O) groups excluding carboxylic acids is 1. The minimum atomic E-state index is -2.08. The fraction of sp³-hybridized carbons (Fsp3) is 0.618. The first-order valence-electron chi connectivity index (χ1n) is 14.3. The predicted octanol–water partition coefficient (Wildman–Crippen LogP) is 9.27. The second kappa shape index (κ2) is 12.2. The van der Waals surface area contributed by atoms with E-state index in [-0.39, 0.29) is 21.7 Å². The Kier molecular flexibility index (Phi) is 10.6. The Balaban J connectivity index is 2.48. The molecule has 0 aromatic heterocycles. The van der Waals surface area contributed by atoms with Gasteiger partial charge in [-0.1, -0.05) is 142 Å². The van der Waals surface area contributed by atoms with Gasteiger partial charge in [-0.25, -0.2) is 0 Å². The molecule has 0 heterocycles. The first kappa shape index (κ1) is 35.6. The van der Waals surface area contributed by atoms with Crippen LogP contribution in [-0.4, -0.2) is 37.9 Å². The highest BCUT2D eigenvalue weighted by Crippen LogP contribution is 2.41. The van der Waals surface area contributed by atoms with Crippen LogP contribution in [0.3, 0.4) is 0 Å². The second-order valence-electron chi connectivity index (χ2n) is 15.4. The van der Waals surface area contributed by atoms with E-state index in [0.29, 0.717) is 37.4 Å². The fourth-order valence-electron chi connectivity index (χ4n) is 4.99. The number of nitrogens with zero attached hydrogens (tertiary/aromatic N) is 1. The Morgan fingerprint density at radius 1 is 0.585 bits per heavy atom. The Hall–Kier alpha value is -1.62. The Bertz CT molecular complexity index is 1090. The normalized spacial score (nSPS) is 13.4. The zero-order valence-electron chi connectivity index (χ0n) is 27.0. The fourth-order valence-corrected chi connectivity index (χ4v) is 5.34. The number of phenols is 2. The quantitative estimate of drug-likeness (QED) is 0.314. The van der Waals surface area contributed by atoms with E-state index in [1.165, 1.54) is 0 Å². The molecule has 2 aromatic rings. The first-order valence-corrected chi connectivity index (χ1v) is 15.5. The third-order valence-electron chi connectivity index (χ3n) is 7.44. The van der Waals surface area contributed by atoms with E-state index >= 15 is 0 Å². The topological polar surface area (TPSA) is 60.8 Å². The highest BCUT2D eigenvalue weighted by atomic mass is 35.6. The lowest BCUT2D eigenvalue weighted by molar-refractivity contribution is -0.130. The van der Waals surface area contributed by atoms with E-state index in [1.807, 2.05) is 24.3 Å². The Morgan fingerprint density at radius 2 is 0.829 bits per heavy atom. The molecular formula is C34H50Cl3NO3. The molecule has 1 amide bonds. The molecule has 0 unspecified atom stereocenters. The molecule has 2 rings (SSSR count). The average Bonchev–Trinajstić information content (AvgIpc) is 2.76. The zero-order chi connectivity index (χ0) is 31.9. The van der Waals surface area contributed by atoms with Crippen LogP contribution in [0.25, 0.3) is 0 Å². The summed E-state index contributed by atoms with van der Waals surface area (Å²) in [5.74, 6) is 0.0680. The van der Waals surface area contributed by atoms with Crippen molar-refractivity contribution < 1.29 is 15.0 Å². The number of phenolic OH excluding ortho intramolecular Hbond substituents is 2. The van der Waals surface area contributed by atoms with Gasteiger partial charge in [0.15, 0.2) is 0 Å². The zero-order valence-corrected chi connectivity index (χ0v) is 29.3. The number of hydrogen-bond donors (Lipinski definition) is 2. The van der Waals surface area contributed by atoms with Gasteiger partial charge in [0.2, 0.25) is 0 Å². The second-order valence-corrected chi connectivity index (χ2v) is 17.7. The van der Waals surface area contributed by atoms with Gasteiger partial charge >= 0.3 is 0 Å². The molecule has 0 aliphatic carbocycles. The summed E-state index contributed by atoms with van der Waals surface area (Å²) < 4.78 is -2.08. The van der Waals surface area contributed by atoms with Crippen molar-refractivity contribution in [3.63, 3.8) is 0 Å². The summed E-state index contributed by atoms with van der Waals surface area (Å²) in [6.45, 7) is 25.6. The molecule has 0 atom stereocenters. The van der Waals surface area contributed by atoms with Crippen LogP contribution in [0.1, 0.15) is 116 Å². The number of hydrogen-bond acceptors (Lipinski definition) is 3. The highest BCUT2D eigenvalue weighted by molar-refractivity contribution is 6.76. The molecule has 4 nitrogen and oxygen atoms in total. The summed E-state index contributed by atoms with van der Waals surface area (Å²) in [6.07, 6.45) is 1.07. The number of alkyl halides is 3. The van der Waals surface area contributed by atoms with Crippen molar-refractivity contribution in [3.05, 3.63) is 57.6 Å². The minimum absolute atomic E-state index is 0.262. The van der Waals surface area contributed by atoms with Crippen LogP contribution in [0.4, 0.5) is 0 Å². The molecule has 0 aliphatic rings. The Labute approximate surface area is 263 Å². The number of rotatable bonds is 6. The number of halogens is 3. The summed E-state index contributed by atoms with van der Waals surface area (Å²) in [4.78, 5) is 14.9. The van der Waals surface area contributed by atoms with Crippen LogP contribution in [0.5, 0.6) is 11.5 Å². The molecule has 0 bridgehead atoms. The van der Waals surface area contributed by atoms with Gasteiger partial charge in [0.25, 0.3) is 9.70 Å². The van der Waals surface area contributed by atoms with Crippen molar-refractivity contribution in [2.75, 3.05) is 13.1 Å². The molecule has 0 aliphatic heterocycles. The number of carbonyl (C=O) groups is 1. The monoisotopic (exact) mass is 625 g/mol. The number of amides is 1. The van der Waals surface area contributed by atoms with Gasteiger partial charge in [0.05, 0.1) is 0 Å². The molecule has 0 saturated heterocycles. The molecule has 0 radical (unpaired) electrons. The smallest absolute Gasteiger partial charge is 0.274 e. The van der Waals surface area contributed by atoms with Gasteiger partial charge in [0, 0.05) is 13.1 Å². The van der Waals surface area contributed by atoms with Crippen molar-refractivity contribution in [3.8, 4) is 11.5 Å². The standard InChI is InChI=1S/C34H50Cl3NO3/c1-30(2,3)23-17-21(18-24(27(23)39)31(4,5)6)13-15-38(29(41)34(35,36)37)16-14-22-19-25(32(7,8)9)28(40)26(20-22)33(10,11)12/h17-20,39-40H,13-16H2,1-12H3. The molecule has 0 saturated carbocycles. The van der Waals surface area contributed by atoms with E-state index in [0.717, 1.165) is 33.4 Å². The maximum absolute atomic E-state index is 13.3. The lowest BCUT2D eigenvalue weighted by Gasteiger charge is -2.30. The minimum Gasteiger partial charge on any atom is -0.507 e. The molecule has 2 N–H and O–H groups in total. The van der Waals surface area contributed by atoms with E-state index in [9.17, 15) is 15.0 Å². The van der Waals surface area contributed by atoms with Crippen molar-refractivity contribution in [1.29, 1.82) is 0 Å². The summed E-state index contributed by atoms with van der Waals surface area (Å²) in [5.41, 5.74) is 4.44. The molecule has 2 aromatic carbocycles. The van der Waals surface area contributed by atoms with E-state index in [1.54, 1.807) is 4.90 Å². The number of benzene rings is 2. The third kappa shape index (κ3) is 9.18. The summed E-state index contributed by atoms with van der Waals surface area (Å²) in [7, 11) is 0. The van der Waals surface area contributed by atoms with E-state index in [4.69, 9.17) is 34.8 Å². The molecule has 0 fully saturated rings. The van der Waals surface area contributed by atoms with Gasteiger partial charge in [-0.2, -0.15) is 0 Å². The van der Waals surface area contributed by atoms with Crippen molar-refractivity contribution >= 4 is 40.7 Å². The maximum atomic E-state index is 13.3. The van der Waals surface area contributed by atoms with Gasteiger partial charge in [-0.3, -0.25) is 4.79 Å². The van der Waals surface area contributed by atoms with Crippen LogP contribution in [-0.2, 0) is 39.3 Å². The number of aromatic hydroxyl groups is 2. The van der Waals surface area contributed by atoms with Crippen molar-refractivity contribution in [2.24, 2.45) is 0 Å². The average molecular weight is 627 g/mol. The van der Waals surface area contributed by atoms with Crippen molar-refractivity contribution in [1.82, 2.24) is 4.90 Å². The molecular weight excluding hydrogens is 577 g/mol. The summed E-state index contributed by atoms with van der Waals surface area (Å²) in [6, 6.07) is 8.09. The van der Waals surface area contributed by atoms with Crippen LogP contribution in [0, 0.1) is 0 Å². The largest absolute Gasteiger partial charge is 0.507 e. The third-order valence-corrected chi connectivity index (χ3v) is 7.93. The lowest BCUT2D eigenvalue weighted by Crippen LogP contribution is -2.41. The van der Waals surface area contributed by atoms with E-state index < -0.39 is 9.70 Å². The molecule has 0 spiro atoms. The van der Waals surface area contributed by atoms with Gasteiger partial charge < -0.3 is 15.1 Å². The summed E-state index contributed by atoms with van der Waals surface area (Å²) in [5, 5.41) is 22.2. The van der Waals surface area contributed by atoms with Gasteiger partial charge in [-0.05, 0) is 67.9 Å². The van der Waals surface area contributed by atoms with Crippen LogP contribution >= 0.6 is 34.8 Å². The van der Waals surface area contributed by atoms with Crippen LogP contribution in [0.2, 0.25) is 0 Å². The van der Waals surface area contributed by atoms with Crippen LogP contribution in [0.15, 0.2) is 24.3 Å². The van der Waals surface area contributed by atoms with Crippen LogP contribution < -0.4 is 0 Å². The molecule has 7 heteroatoms. The first-order chi connectivity index (χ1) is 18.2. The predicted molar refractivity (Wildman–Crippen MR) is 175 cm³/mol. The van der Waals surface area contributed by atoms with E-state index in [2.05, 4.69) is 83.1 Å². The highest BCUT2D eigenvalue weighted by Gasteiger charge is 2.35. The van der Waals surface area contributed by atoms with Gasteiger partial charge in [-0.15, -0.1) is 0 Å². The Morgan fingerprint density at radius 3 is 1.02 bits per heavy atom. The molecule has 230 valence electrons. The van der Waals surface area contributed by atoms with Gasteiger partial charge in [0.1, 0.15) is 11.5 Å². The SMILES string of the molecule is CC(C)(C)c1cc(CCN(CCc2cc(C(C)(C)C)c(O)c(C(C)(C)C)c2)C(=O)C(Cl)(Cl)Cl)cc(C(C)(C)C)c1O. The van der Waals surface area contributed by atoms with Crippen molar-refractivity contribution in [2.45, 2.75) is 121 Å². The lowest BCUT2D eigenvalue weighted by atomic mass is 9.78. The molecule has 41 heavy (non-hydrogen) atoms.